The molecule has 1 amide bonds. The Labute approximate surface area is 105 Å². The molecular weight excluding hydrogens is 234 g/mol. The second-order valence-corrected chi connectivity index (χ2v) is 5.28. The topological polar surface area (TPSA) is 54.0 Å². The van der Waals surface area contributed by atoms with Crippen LogP contribution in [0, 0.1) is 6.92 Å². The number of thiazole rings is 1. The van der Waals surface area contributed by atoms with Gasteiger partial charge >= 0.3 is 0 Å². The summed E-state index contributed by atoms with van der Waals surface area (Å²) in [6, 6.07) is -0.172. The molecular formula is C12H17N3OS. The summed E-state index contributed by atoms with van der Waals surface area (Å²) in [5, 5.41) is 7.10. The minimum Gasteiger partial charge on any atom is -0.349 e. The van der Waals surface area contributed by atoms with Crippen molar-refractivity contribution in [3.63, 3.8) is 0 Å². The van der Waals surface area contributed by atoms with Gasteiger partial charge in [-0.1, -0.05) is 19.1 Å². The predicted molar refractivity (Wildman–Crippen MR) is 69.0 cm³/mol. The van der Waals surface area contributed by atoms with Crippen LogP contribution < -0.4 is 10.6 Å². The van der Waals surface area contributed by atoms with Crippen molar-refractivity contribution in [1.82, 2.24) is 15.6 Å². The van der Waals surface area contributed by atoms with Gasteiger partial charge in [0.2, 0.25) is 5.91 Å². The highest BCUT2D eigenvalue weighted by atomic mass is 32.1. The zero-order valence-electron chi connectivity index (χ0n) is 10.1. The Hall–Kier alpha value is -1.20. The normalized spacial score (nSPS) is 18.6. The van der Waals surface area contributed by atoms with Crippen LogP contribution in [0.2, 0.25) is 0 Å². The average molecular weight is 251 g/mol. The molecule has 1 aliphatic heterocycles. The molecule has 0 saturated carbocycles. The Morgan fingerprint density at radius 3 is 3.18 bits per heavy atom. The number of rotatable bonds is 4. The van der Waals surface area contributed by atoms with Gasteiger partial charge in [-0.3, -0.25) is 10.1 Å². The molecule has 17 heavy (non-hydrogen) atoms. The molecule has 92 valence electrons. The van der Waals surface area contributed by atoms with Crippen molar-refractivity contribution >= 4 is 17.2 Å². The molecule has 0 fully saturated rings. The molecule has 0 aromatic carbocycles. The van der Waals surface area contributed by atoms with Gasteiger partial charge < -0.3 is 5.32 Å². The molecule has 2 rings (SSSR count). The van der Waals surface area contributed by atoms with Crippen molar-refractivity contribution in [3.8, 4) is 0 Å². The van der Waals surface area contributed by atoms with E-state index < -0.39 is 0 Å². The third kappa shape index (κ3) is 2.92. The van der Waals surface area contributed by atoms with Crippen LogP contribution in [0.3, 0.4) is 0 Å². The summed E-state index contributed by atoms with van der Waals surface area (Å²) in [6.07, 6.45) is 4.78. The molecule has 0 aliphatic carbocycles. The van der Waals surface area contributed by atoms with Crippen LogP contribution in [0.1, 0.15) is 22.5 Å². The number of carbonyl (C=O) groups excluding carboxylic acids is 1. The summed E-state index contributed by atoms with van der Waals surface area (Å²) in [5.74, 6) is 0.0341. The SMILES string of the molecule is CCc1nc(C)sc1CNC(=O)C1C=CCN1. The largest absolute Gasteiger partial charge is 0.349 e. The van der Waals surface area contributed by atoms with Gasteiger partial charge in [0.15, 0.2) is 0 Å². The minimum absolute atomic E-state index is 0.0341. The Bertz CT molecular complexity index is 439. The first-order valence-electron chi connectivity index (χ1n) is 5.83. The second kappa shape index (κ2) is 5.42. The molecule has 0 saturated heterocycles. The molecule has 2 heterocycles. The molecule has 5 heteroatoms. The van der Waals surface area contributed by atoms with Crippen molar-refractivity contribution in [1.29, 1.82) is 0 Å². The highest BCUT2D eigenvalue weighted by Gasteiger charge is 2.17. The molecule has 4 nitrogen and oxygen atoms in total. The van der Waals surface area contributed by atoms with Crippen molar-refractivity contribution < 1.29 is 4.79 Å². The predicted octanol–water partition coefficient (Wildman–Crippen LogP) is 1.16. The lowest BCUT2D eigenvalue weighted by Crippen LogP contribution is -2.40. The first-order valence-corrected chi connectivity index (χ1v) is 6.65. The Balaban J connectivity index is 1.92. The minimum atomic E-state index is -0.172. The molecule has 1 atom stereocenters. The zero-order valence-corrected chi connectivity index (χ0v) is 10.9. The maximum Gasteiger partial charge on any atom is 0.241 e. The number of aryl methyl sites for hydroxylation is 2. The molecule has 1 aromatic heterocycles. The monoisotopic (exact) mass is 251 g/mol. The lowest BCUT2D eigenvalue weighted by molar-refractivity contribution is -0.122. The van der Waals surface area contributed by atoms with E-state index in [2.05, 4.69) is 22.5 Å². The van der Waals surface area contributed by atoms with Gasteiger partial charge in [-0.05, 0) is 13.3 Å². The summed E-state index contributed by atoms with van der Waals surface area (Å²) in [6.45, 7) is 5.44. The van der Waals surface area contributed by atoms with Gasteiger partial charge in [0.1, 0.15) is 6.04 Å². The van der Waals surface area contributed by atoms with Crippen molar-refractivity contribution in [3.05, 3.63) is 27.7 Å². The average Bonchev–Trinajstić information content (AvgIpc) is 2.94. The molecule has 0 spiro atoms. The lowest BCUT2D eigenvalue weighted by atomic mass is 10.2. The Morgan fingerprint density at radius 1 is 1.71 bits per heavy atom. The van der Waals surface area contributed by atoms with E-state index >= 15 is 0 Å². The fourth-order valence-electron chi connectivity index (χ4n) is 1.85. The van der Waals surface area contributed by atoms with E-state index in [4.69, 9.17) is 0 Å². The lowest BCUT2D eigenvalue weighted by Gasteiger charge is -2.09. The fraction of sp³-hybridized carbons (Fsp3) is 0.500. The van der Waals surface area contributed by atoms with E-state index in [9.17, 15) is 4.79 Å². The van der Waals surface area contributed by atoms with Crippen molar-refractivity contribution in [2.75, 3.05) is 6.54 Å². The Kier molecular flexibility index (Phi) is 3.91. The third-order valence-electron chi connectivity index (χ3n) is 2.71. The smallest absolute Gasteiger partial charge is 0.241 e. The summed E-state index contributed by atoms with van der Waals surface area (Å²) < 4.78 is 0. The van der Waals surface area contributed by atoms with Gasteiger partial charge in [0, 0.05) is 11.4 Å². The van der Waals surface area contributed by atoms with E-state index in [1.54, 1.807) is 11.3 Å². The molecule has 1 aliphatic rings. The summed E-state index contributed by atoms with van der Waals surface area (Å²) in [5.41, 5.74) is 1.10. The maximum atomic E-state index is 11.8. The number of hydrogen-bond acceptors (Lipinski definition) is 4. The van der Waals surface area contributed by atoms with Crippen LogP contribution >= 0.6 is 11.3 Å². The van der Waals surface area contributed by atoms with Crippen LogP contribution in [0.4, 0.5) is 0 Å². The molecule has 0 radical (unpaired) electrons. The second-order valence-electron chi connectivity index (χ2n) is 3.99. The molecule has 0 bridgehead atoms. The first-order chi connectivity index (χ1) is 8.20. The molecule has 1 unspecified atom stereocenters. The zero-order chi connectivity index (χ0) is 12.3. The standard InChI is InChI=1S/C12H17N3OS/c1-3-9-11(17-8(2)15-9)7-14-12(16)10-5-4-6-13-10/h4-5,10,13H,3,6-7H2,1-2H3,(H,14,16). The van der Waals surface area contributed by atoms with Gasteiger partial charge in [-0.15, -0.1) is 11.3 Å². The van der Waals surface area contributed by atoms with E-state index in [-0.39, 0.29) is 11.9 Å². The first kappa shape index (κ1) is 12.3. The van der Waals surface area contributed by atoms with E-state index in [0.717, 1.165) is 23.7 Å². The molecule has 1 aromatic rings. The van der Waals surface area contributed by atoms with Gasteiger partial charge in [-0.2, -0.15) is 0 Å². The number of carbonyl (C=O) groups is 1. The van der Waals surface area contributed by atoms with Crippen LogP contribution in [0.5, 0.6) is 0 Å². The summed E-state index contributed by atoms with van der Waals surface area (Å²) in [4.78, 5) is 17.4. The van der Waals surface area contributed by atoms with Crippen molar-refractivity contribution in [2.24, 2.45) is 0 Å². The number of hydrogen-bond donors (Lipinski definition) is 2. The van der Waals surface area contributed by atoms with E-state index in [1.165, 1.54) is 4.88 Å². The third-order valence-corrected chi connectivity index (χ3v) is 3.72. The van der Waals surface area contributed by atoms with Crippen molar-refractivity contribution in [2.45, 2.75) is 32.9 Å². The number of aromatic nitrogens is 1. The van der Waals surface area contributed by atoms with E-state index in [0.29, 0.717) is 6.54 Å². The Morgan fingerprint density at radius 2 is 2.53 bits per heavy atom. The van der Waals surface area contributed by atoms with Crippen LogP contribution in [0.15, 0.2) is 12.2 Å². The van der Waals surface area contributed by atoms with Gasteiger partial charge in [0.05, 0.1) is 17.2 Å². The highest BCUT2D eigenvalue weighted by Crippen LogP contribution is 2.18. The summed E-state index contributed by atoms with van der Waals surface area (Å²) in [7, 11) is 0. The van der Waals surface area contributed by atoms with E-state index in [1.807, 2.05) is 19.1 Å². The van der Waals surface area contributed by atoms with Crippen LogP contribution in [-0.4, -0.2) is 23.5 Å². The number of amides is 1. The van der Waals surface area contributed by atoms with Gasteiger partial charge in [0.25, 0.3) is 0 Å². The fourth-order valence-corrected chi connectivity index (χ4v) is 2.82. The number of nitrogens with one attached hydrogen (secondary N) is 2. The van der Waals surface area contributed by atoms with Crippen LogP contribution in [-0.2, 0) is 17.8 Å². The quantitative estimate of drug-likeness (QED) is 0.790. The highest BCUT2D eigenvalue weighted by molar-refractivity contribution is 7.11. The maximum absolute atomic E-state index is 11.8. The van der Waals surface area contributed by atoms with Crippen LogP contribution in [0.25, 0.3) is 0 Å². The summed E-state index contributed by atoms with van der Waals surface area (Å²) >= 11 is 1.66. The van der Waals surface area contributed by atoms with Gasteiger partial charge in [-0.25, -0.2) is 4.98 Å². The number of nitrogens with zero attached hydrogens (tertiary/aromatic N) is 1. The molecule has 2 N–H and O–H groups in total.